The molecule has 0 aliphatic heterocycles. The highest BCUT2D eigenvalue weighted by Gasteiger charge is 2.05. The van der Waals surface area contributed by atoms with E-state index in [9.17, 15) is 9.90 Å². The third kappa shape index (κ3) is 7.06. The van der Waals surface area contributed by atoms with Crippen molar-refractivity contribution in [3.63, 3.8) is 0 Å². The second kappa shape index (κ2) is 9.32. The summed E-state index contributed by atoms with van der Waals surface area (Å²) in [4.78, 5) is 11.6. The topological polar surface area (TPSA) is 58.6 Å². The van der Waals surface area contributed by atoms with Gasteiger partial charge in [-0.3, -0.25) is 4.79 Å². The fraction of sp³-hybridized carbons (Fsp3) is 0.471. The molecule has 0 aliphatic rings. The van der Waals surface area contributed by atoms with Crippen molar-refractivity contribution < 1.29 is 14.6 Å². The number of benzene rings is 1. The largest absolute Gasteiger partial charge is 0.389 e. The van der Waals surface area contributed by atoms with Crippen LogP contribution in [-0.2, 0) is 9.53 Å². The molecule has 0 radical (unpaired) electrons. The summed E-state index contributed by atoms with van der Waals surface area (Å²) in [5, 5.41) is 12.1. The highest BCUT2D eigenvalue weighted by molar-refractivity contribution is 5.78. The lowest BCUT2D eigenvalue weighted by Crippen LogP contribution is -2.33. The van der Waals surface area contributed by atoms with Crippen molar-refractivity contribution in [2.45, 2.75) is 32.3 Å². The van der Waals surface area contributed by atoms with E-state index in [1.165, 1.54) is 12.7 Å². The molecule has 1 aromatic rings. The minimum Gasteiger partial charge on any atom is -0.389 e. The van der Waals surface area contributed by atoms with Crippen LogP contribution in [0.25, 0.3) is 6.08 Å². The van der Waals surface area contributed by atoms with Crippen molar-refractivity contribution in [3.05, 3.63) is 41.5 Å². The molecule has 1 rings (SSSR count). The molecule has 0 aliphatic carbocycles. The number of hydrogen-bond acceptors (Lipinski definition) is 3. The summed E-state index contributed by atoms with van der Waals surface area (Å²) in [6.07, 6.45) is 3.38. The van der Waals surface area contributed by atoms with Gasteiger partial charge in [-0.05, 0) is 17.0 Å². The SMILES string of the molecule is COCC(O)CNC(=O)C/C=C/c1ccc(C(C)C)cc1. The summed E-state index contributed by atoms with van der Waals surface area (Å²) in [5.74, 6) is 0.410. The Bertz CT molecular complexity index is 452. The molecule has 0 aromatic heterocycles. The zero-order valence-electron chi connectivity index (χ0n) is 13.0. The van der Waals surface area contributed by atoms with Crippen LogP contribution in [0.3, 0.4) is 0 Å². The normalized spacial score (nSPS) is 12.8. The van der Waals surface area contributed by atoms with Gasteiger partial charge in [0, 0.05) is 20.1 Å². The fourth-order valence-electron chi connectivity index (χ4n) is 1.85. The maximum Gasteiger partial charge on any atom is 0.223 e. The lowest BCUT2D eigenvalue weighted by atomic mass is 10.0. The standard InChI is InChI=1S/C17H25NO3/c1-13(2)15-9-7-14(8-10-15)5-4-6-17(20)18-11-16(19)12-21-3/h4-5,7-10,13,16,19H,6,11-12H2,1-3H3,(H,18,20)/b5-4+. The van der Waals surface area contributed by atoms with E-state index in [0.29, 0.717) is 12.3 Å². The van der Waals surface area contributed by atoms with Crippen LogP contribution in [-0.4, -0.2) is 37.4 Å². The highest BCUT2D eigenvalue weighted by Crippen LogP contribution is 2.15. The summed E-state index contributed by atoms with van der Waals surface area (Å²) in [6.45, 7) is 4.75. The number of rotatable bonds is 8. The van der Waals surface area contributed by atoms with Gasteiger partial charge in [-0.1, -0.05) is 50.3 Å². The smallest absolute Gasteiger partial charge is 0.223 e. The Labute approximate surface area is 126 Å². The molecular formula is C17H25NO3. The molecule has 0 saturated heterocycles. The van der Waals surface area contributed by atoms with E-state index in [4.69, 9.17) is 4.74 Å². The average Bonchev–Trinajstić information content (AvgIpc) is 2.46. The summed E-state index contributed by atoms with van der Waals surface area (Å²) in [5.41, 5.74) is 2.38. The van der Waals surface area contributed by atoms with E-state index in [1.54, 1.807) is 0 Å². The van der Waals surface area contributed by atoms with Crippen molar-refractivity contribution in [2.24, 2.45) is 0 Å². The number of aliphatic hydroxyl groups is 1. The second-order valence-electron chi connectivity index (χ2n) is 5.34. The second-order valence-corrected chi connectivity index (χ2v) is 5.34. The number of methoxy groups -OCH3 is 1. The molecule has 21 heavy (non-hydrogen) atoms. The predicted octanol–water partition coefficient (Wildman–Crippen LogP) is 2.34. The Kier molecular flexibility index (Phi) is 7.72. The van der Waals surface area contributed by atoms with Crippen molar-refractivity contribution in [3.8, 4) is 0 Å². The maximum atomic E-state index is 11.6. The minimum absolute atomic E-state index is 0.111. The zero-order valence-corrected chi connectivity index (χ0v) is 13.0. The molecule has 0 spiro atoms. The van der Waals surface area contributed by atoms with E-state index in [2.05, 4.69) is 31.3 Å². The van der Waals surface area contributed by atoms with E-state index >= 15 is 0 Å². The van der Waals surface area contributed by atoms with Crippen LogP contribution >= 0.6 is 0 Å². The predicted molar refractivity (Wildman–Crippen MR) is 85.1 cm³/mol. The van der Waals surface area contributed by atoms with E-state index in [1.807, 2.05) is 24.3 Å². The average molecular weight is 291 g/mol. The molecule has 116 valence electrons. The van der Waals surface area contributed by atoms with Gasteiger partial charge in [0.05, 0.1) is 12.7 Å². The molecule has 4 heteroatoms. The van der Waals surface area contributed by atoms with Gasteiger partial charge >= 0.3 is 0 Å². The molecule has 0 saturated carbocycles. The number of carbonyl (C=O) groups is 1. The van der Waals surface area contributed by atoms with Gasteiger partial charge < -0.3 is 15.2 Å². The van der Waals surface area contributed by atoms with Crippen molar-refractivity contribution >= 4 is 12.0 Å². The third-order valence-corrected chi connectivity index (χ3v) is 3.11. The molecule has 0 fully saturated rings. The Hall–Kier alpha value is -1.65. The first kappa shape index (κ1) is 17.4. The highest BCUT2D eigenvalue weighted by atomic mass is 16.5. The maximum absolute atomic E-state index is 11.6. The molecule has 0 bridgehead atoms. The van der Waals surface area contributed by atoms with Gasteiger partial charge in [-0.15, -0.1) is 0 Å². The third-order valence-electron chi connectivity index (χ3n) is 3.11. The van der Waals surface area contributed by atoms with Crippen LogP contribution < -0.4 is 5.32 Å². The molecular weight excluding hydrogens is 266 g/mol. The number of ether oxygens (including phenoxy) is 1. The minimum atomic E-state index is -0.661. The molecule has 1 aromatic carbocycles. The first-order valence-electron chi connectivity index (χ1n) is 7.23. The zero-order chi connectivity index (χ0) is 15.7. The summed E-state index contributed by atoms with van der Waals surface area (Å²) in [6, 6.07) is 8.30. The first-order valence-corrected chi connectivity index (χ1v) is 7.23. The van der Waals surface area contributed by atoms with Crippen LogP contribution in [0, 0.1) is 0 Å². The van der Waals surface area contributed by atoms with Crippen LogP contribution in [0.5, 0.6) is 0 Å². The van der Waals surface area contributed by atoms with Gasteiger partial charge in [-0.25, -0.2) is 0 Å². The molecule has 4 nitrogen and oxygen atoms in total. The molecule has 2 N–H and O–H groups in total. The van der Waals surface area contributed by atoms with Crippen LogP contribution in [0.15, 0.2) is 30.3 Å². The van der Waals surface area contributed by atoms with Gasteiger partial charge in [0.15, 0.2) is 0 Å². The quantitative estimate of drug-likeness (QED) is 0.773. The number of aliphatic hydroxyl groups excluding tert-OH is 1. The summed E-state index contributed by atoms with van der Waals surface area (Å²) >= 11 is 0. The first-order chi connectivity index (χ1) is 10.0. The van der Waals surface area contributed by atoms with Crippen molar-refractivity contribution in [1.29, 1.82) is 0 Å². The monoisotopic (exact) mass is 291 g/mol. The van der Waals surface area contributed by atoms with Crippen molar-refractivity contribution in [2.75, 3.05) is 20.3 Å². The van der Waals surface area contributed by atoms with E-state index in [-0.39, 0.29) is 19.1 Å². The molecule has 1 atom stereocenters. The van der Waals surface area contributed by atoms with Crippen LogP contribution in [0.2, 0.25) is 0 Å². The number of hydrogen-bond donors (Lipinski definition) is 2. The molecule has 0 heterocycles. The number of amides is 1. The van der Waals surface area contributed by atoms with Gasteiger partial charge in [0.2, 0.25) is 5.91 Å². The summed E-state index contributed by atoms with van der Waals surface area (Å²) < 4.78 is 4.79. The fourth-order valence-corrected chi connectivity index (χ4v) is 1.85. The Morgan fingerprint density at radius 3 is 2.57 bits per heavy atom. The van der Waals surface area contributed by atoms with Gasteiger partial charge in [0.1, 0.15) is 0 Å². The van der Waals surface area contributed by atoms with Crippen LogP contribution in [0.4, 0.5) is 0 Å². The molecule has 1 unspecified atom stereocenters. The number of carbonyl (C=O) groups excluding carboxylic acids is 1. The van der Waals surface area contributed by atoms with Crippen LogP contribution in [0.1, 0.15) is 37.3 Å². The lowest BCUT2D eigenvalue weighted by Gasteiger charge is -2.09. The Morgan fingerprint density at radius 1 is 1.33 bits per heavy atom. The molecule has 1 amide bonds. The van der Waals surface area contributed by atoms with Gasteiger partial charge in [0.25, 0.3) is 0 Å². The summed E-state index contributed by atoms with van der Waals surface area (Å²) in [7, 11) is 1.51. The Morgan fingerprint density at radius 2 is 2.00 bits per heavy atom. The van der Waals surface area contributed by atoms with E-state index < -0.39 is 6.10 Å². The van der Waals surface area contributed by atoms with Gasteiger partial charge in [-0.2, -0.15) is 0 Å². The van der Waals surface area contributed by atoms with E-state index in [0.717, 1.165) is 5.56 Å². The van der Waals surface area contributed by atoms with Crippen molar-refractivity contribution in [1.82, 2.24) is 5.32 Å². The number of nitrogens with one attached hydrogen (secondary N) is 1. The Balaban J connectivity index is 2.35. The lowest BCUT2D eigenvalue weighted by molar-refractivity contribution is -0.120.